The fourth-order valence-corrected chi connectivity index (χ4v) is 2.67. The first kappa shape index (κ1) is 19.7. The molecule has 1 heterocycles. The summed E-state index contributed by atoms with van der Waals surface area (Å²) in [5.41, 5.74) is 0.935. The summed E-state index contributed by atoms with van der Waals surface area (Å²) in [6.07, 6.45) is 0.451. The predicted molar refractivity (Wildman–Crippen MR) is 91.9 cm³/mol. The highest BCUT2D eigenvalue weighted by Crippen LogP contribution is 2.29. The van der Waals surface area contributed by atoms with Crippen molar-refractivity contribution in [3.63, 3.8) is 0 Å². The van der Waals surface area contributed by atoms with Crippen molar-refractivity contribution >= 4 is 24.0 Å². The van der Waals surface area contributed by atoms with E-state index in [1.54, 1.807) is 6.08 Å². The SMILES string of the molecule is CC(=O)OC[C@H]1O[C@H](/C=C/c2ccccc2)[C@@H](OC(C)=O)[C@H]1OC(C)=O. The highest BCUT2D eigenvalue weighted by atomic mass is 16.6. The Balaban J connectivity index is 2.22. The molecule has 7 heteroatoms. The number of rotatable bonds is 6. The minimum Gasteiger partial charge on any atom is -0.463 e. The van der Waals surface area contributed by atoms with E-state index in [9.17, 15) is 14.4 Å². The molecule has 0 amide bonds. The molecule has 1 aromatic rings. The fraction of sp³-hybridized carbons (Fsp3) is 0.421. The third kappa shape index (κ3) is 5.70. The zero-order valence-corrected chi connectivity index (χ0v) is 14.9. The monoisotopic (exact) mass is 362 g/mol. The van der Waals surface area contributed by atoms with Crippen LogP contribution in [-0.4, -0.2) is 48.9 Å². The standard InChI is InChI=1S/C19H22O7/c1-12(20)23-11-17-19(25-14(3)22)18(24-13(2)21)16(26-17)10-9-15-7-5-4-6-8-15/h4-10,16-19H,11H2,1-3H3/b10-9+/t16-,17-,18-,19+/m1/s1. The van der Waals surface area contributed by atoms with Crippen molar-refractivity contribution < 1.29 is 33.3 Å². The lowest BCUT2D eigenvalue weighted by Gasteiger charge is -2.22. The van der Waals surface area contributed by atoms with Gasteiger partial charge in [-0.05, 0) is 5.56 Å². The van der Waals surface area contributed by atoms with Crippen LogP contribution in [0, 0.1) is 0 Å². The number of carbonyl (C=O) groups is 3. The Hall–Kier alpha value is -2.67. The first-order chi connectivity index (χ1) is 12.4. The molecule has 0 unspecified atom stereocenters. The Labute approximate surface area is 151 Å². The van der Waals surface area contributed by atoms with E-state index in [4.69, 9.17) is 18.9 Å². The van der Waals surface area contributed by atoms with Gasteiger partial charge in [0.1, 0.15) is 18.8 Å². The molecular formula is C19H22O7. The van der Waals surface area contributed by atoms with Crippen LogP contribution in [0.1, 0.15) is 26.3 Å². The van der Waals surface area contributed by atoms with Crippen molar-refractivity contribution in [3.05, 3.63) is 42.0 Å². The molecule has 0 saturated carbocycles. The molecule has 2 rings (SSSR count). The van der Waals surface area contributed by atoms with Gasteiger partial charge >= 0.3 is 17.9 Å². The molecule has 0 aliphatic carbocycles. The smallest absolute Gasteiger partial charge is 0.303 e. The van der Waals surface area contributed by atoms with Crippen LogP contribution in [-0.2, 0) is 33.3 Å². The minimum absolute atomic E-state index is 0.110. The van der Waals surface area contributed by atoms with E-state index in [0.29, 0.717) is 0 Å². The van der Waals surface area contributed by atoms with Gasteiger partial charge < -0.3 is 18.9 Å². The molecule has 7 nitrogen and oxygen atoms in total. The number of benzene rings is 1. The molecule has 1 fully saturated rings. The molecule has 0 N–H and O–H groups in total. The van der Waals surface area contributed by atoms with Gasteiger partial charge in [0, 0.05) is 20.8 Å². The molecule has 140 valence electrons. The average molecular weight is 362 g/mol. The van der Waals surface area contributed by atoms with Crippen LogP contribution in [0.25, 0.3) is 6.08 Å². The maximum Gasteiger partial charge on any atom is 0.303 e. The Morgan fingerprint density at radius 3 is 2.15 bits per heavy atom. The van der Waals surface area contributed by atoms with Gasteiger partial charge in [-0.25, -0.2) is 0 Å². The van der Waals surface area contributed by atoms with E-state index in [-0.39, 0.29) is 6.61 Å². The van der Waals surface area contributed by atoms with Gasteiger partial charge in [0.2, 0.25) is 0 Å². The summed E-state index contributed by atoms with van der Waals surface area (Å²) in [6.45, 7) is 3.68. The highest BCUT2D eigenvalue weighted by molar-refractivity contribution is 5.68. The summed E-state index contributed by atoms with van der Waals surface area (Å²) in [5, 5.41) is 0. The quantitative estimate of drug-likeness (QED) is 0.564. The van der Waals surface area contributed by atoms with Crippen molar-refractivity contribution in [1.82, 2.24) is 0 Å². The van der Waals surface area contributed by atoms with Crippen LogP contribution in [0.3, 0.4) is 0 Å². The normalized spacial score (nSPS) is 25.0. The number of esters is 3. The van der Waals surface area contributed by atoms with Gasteiger partial charge in [0.15, 0.2) is 12.2 Å². The summed E-state index contributed by atoms with van der Waals surface area (Å²) >= 11 is 0. The van der Waals surface area contributed by atoms with Crippen LogP contribution >= 0.6 is 0 Å². The van der Waals surface area contributed by atoms with Crippen LogP contribution < -0.4 is 0 Å². The molecule has 0 spiro atoms. The molecule has 0 bridgehead atoms. The van der Waals surface area contributed by atoms with Crippen LogP contribution in [0.2, 0.25) is 0 Å². The molecule has 0 radical (unpaired) electrons. The van der Waals surface area contributed by atoms with Crippen molar-refractivity contribution in [2.24, 2.45) is 0 Å². The first-order valence-corrected chi connectivity index (χ1v) is 8.23. The third-order valence-corrected chi connectivity index (χ3v) is 3.68. The largest absolute Gasteiger partial charge is 0.463 e. The molecule has 1 aliphatic heterocycles. The minimum atomic E-state index is -0.874. The Kier molecular flexibility index (Phi) is 6.91. The molecule has 1 aliphatic rings. The summed E-state index contributed by atoms with van der Waals surface area (Å²) in [6, 6.07) is 9.50. The van der Waals surface area contributed by atoms with E-state index >= 15 is 0 Å². The summed E-state index contributed by atoms with van der Waals surface area (Å²) in [7, 11) is 0. The topological polar surface area (TPSA) is 88.1 Å². The van der Waals surface area contributed by atoms with E-state index in [0.717, 1.165) is 5.56 Å². The summed E-state index contributed by atoms with van der Waals surface area (Å²) in [4.78, 5) is 34.0. The maximum atomic E-state index is 11.5. The van der Waals surface area contributed by atoms with E-state index in [1.807, 2.05) is 36.4 Å². The second-order valence-electron chi connectivity index (χ2n) is 5.86. The molecular weight excluding hydrogens is 340 g/mol. The Morgan fingerprint density at radius 1 is 0.962 bits per heavy atom. The van der Waals surface area contributed by atoms with Gasteiger partial charge in [-0.2, -0.15) is 0 Å². The van der Waals surface area contributed by atoms with E-state index in [2.05, 4.69) is 0 Å². The van der Waals surface area contributed by atoms with Crippen molar-refractivity contribution in [3.8, 4) is 0 Å². The average Bonchev–Trinajstić information content (AvgIpc) is 2.88. The van der Waals surface area contributed by atoms with Gasteiger partial charge in [-0.15, -0.1) is 0 Å². The fourth-order valence-electron chi connectivity index (χ4n) is 2.67. The zero-order valence-electron chi connectivity index (χ0n) is 14.9. The predicted octanol–water partition coefficient (Wildman–Crippen LogP) is 1.89. The van der Waals surface area contributed by atoms with Gasteiger partial charge in [-0.1, -0.05) is 42.5 Å². The van der Waals surface area contributed by atoms with Gasteiger partial charge in [-0.3, -0.25) is 14.4 Å². The van der Waals surface area contributed by atoms with Crippen LogP contribution in [0.4, 0.5) is 0 Å². The summed E-state index contributed by atoms with van der Waals surface area (Å²) < 4.78 is 21.4. The van der Waals surface area contributed by atoms with Crippen molar-refractivity contribution in [2.75, 3.05) is 6.61 Å². The summed E-state index contributed by atoms with van der Waals surface area (Å²) in [5.74, 6) is -1.55. The first-order valence-electron chi connectivity index (χ1n) is 8.23. The second-order valence-corrected chi connectivity index (χ2v) is 5.86. The number of hydrogen-bond acceptors (Lipinski definition) is 7. The maximum absolute atomic E-state index is 11.5. The molecule has 1 saturated heterocycles. The Morgan fingerprint density at radius 2 is 1.58 bits per heavy atom. The Bertz CT molecular complexity index is 668. The van der Waals surface area contributed by atoms with E-state index in [1.165, 1.54) is 20.8 Å². The molecule has 26 heavy (non-hydrogen) atoms. The van der Waals surface area contributed by atoms with E-state index < -0.39 is 42.3 Å². The lowest BCUT2D eigenvalue weighted by Crippen LogP contribution is -2.40. The highest BCUT2D eigenvalue weighted by Gasteiger charge is 2.48. The zero-order chi connectivity index (χ0) is 19.1. The molecule has 4 atom stereocenters. The van der Waals surface area contributed by atoms with Crippen molar-refractivity contribution in [2.45, 2.75) is 45.2 Å². The van der Waals surface area contributed by atoms with Crippen LogP contribution in [0.15, 0.2) is 36.4 Å². The second kappa shape index (κ2) is 9.15. The molecule has 1 aromatic carbocycles. The number of ether oxygens (including phenoxy) is 4. The van der Waals surface area contributed by atoms with Gasteiger partial charge in [0.05, 0.1) is 0 Å². The lowest BCUT2D eigenvalue weighted by molar-refractivity contribution is -0.165. The number of hydrogen-bond donors (Lipinski definition) is 0. The van der Waals surface area contributed by atoms with Crippen molar-refractivity contribution in [1.29, 1.82) is 0 Å². The number of carbonyl (C=O) groups excluding carboxylic acids is 3. The third-order valence-electron chi connectivity index (χ3n) is 3.68. The lowest BCUT2D eigenvalue weighted by atomic mass is 10.1. The molecule has 0 aromatic heterocycles. The van der Waals surface area contributed by atoms with Crippen LogP contribution in [0.5, 0.6) is 0 Å². The van der Waals surface area contributed by atoms with Gasteiger partial charge in [0.25, 0.3) is 0 Å².